The van der Waals surface area contributed by atoms with Gasteiger partial charge in [-0.1, -0.05) is 30.3 Å². The van der Waals surface area contributed by atoms with E-state index in [4.69, 9.17) is 5.11 Å². The first-order valence-corrected chi connectivity index (χ1v) is 13.7. The quantitative estimate of drug-likeness (QED) is 0.236. The first-order chi connectivity index (χ1) is 16.1. The zero-order chi connectivity index (χ0) is 24.8. The van der Waals surface area contributed by atoms with Crippen LogP contribution in [0.1, 0.15) is 22.8 Å². The number of sulfonamides is 2. The standard InChI is InChI=1S/C21H22N4O6S3/c1-15(16-6-4-7-17(14-16)33(28,29)22-11-12-26)23-24-21(27)18-8-2-3-9-19(18)25-34(30,31)20-10-5-13-32-20/h2-10,13-14,22,25-26H,11-12H2,1H3,(H,24,27)/b23-15+. The van der Waals surface area contributed by atoms with Crippen LogP contribution in [0.5, 0.6) is 0 Å². The number of anilines is 1. The fraction of sp³-hybridized carbons (Fsp3) is 0.143. The second-order valence-electron chi connectivity index (χ2n) is 6.87. The minimum absolute atomic E-state index is 0.0207. The molecule has 0 aliphatic carbocycles. The molecule has 0 saturated carbocycles. The predicted octanol–water partition coefficient (Wildman–Crippen LogP) is 1.97. The number of nitrogens with zero attached hydrogens (tertiary/aromatic N) is 1. The number of rotatable bonds is 10. The summed E-state index contributed by atoms with van der Waals surface area (Å²) in [6, 6.07) is 15.1. The van der Waals surface area contributed by atoms with Crippen LogP contribution in [-0.4, -0.2) is 46.7 Å². The third-order valence-electron chi connectivity index (χ3n) is 4.47. The van der Waals surface area contributed by atoms with Crippen LogP contribution < -0.4 is 14.9 Å². The lowest BCUT2D eigenvalue weighted by Gasteiger charge is -2.11. The van der Waals surface area contributed by atoms with Gasteiger partial charge in [0.15, 0.2) is 0 Å². The number of hydrogen-bond acceptors (Lipinski definition) is 8. The van der Waals surface area contributed by atoms with E-state index >= 15 is 0 Å². The van der Waals surface area contributed by atoms with E-state index in [1.165, 1.54) is 36.4 Å². The van der Waals surface area contributed by atoms with E-state index in [1.807, 2.05) is 0 Å². The number of carbonyl (C=O) groups is 1. The molecule has 0 atom stereocenters. The molecule has 3 aromatic rings. The van der Waals surface area contributed by atoms with Gasteiger partial charge in [0.1, 0.15) is 4.21 Å². The van der Waals surface area contributed by atoms with Crippen LogP contribution in [0.2, 0.25) is 0 Å². The Bertz CT molecular complexity index is 1400. The Morgan fingerprint density at radius 2 is 1.76 bits per heavy atom. The Morgan fingerprint density at radius 3 is 2.47 bits per heavy atom. The van der Waals surface area contributed by atoms with Gasteiger partial charge in [0, 0.05) is 6.54 Å². The van der Waals surface area contributed by atoms with Crippen molar-refractivity contribution in [2.45, 2.75) is 16.0 Å². The molecule has 0 aliphatic rings. The van der Waals surface area contributed by atoms with Crippen molar-refractivity contribution in [3.05, 3.63) is 77.2 Å². The Balaban J connectivity index is 1.79. The number of carbonyl (C=O) groups excluding carboxylic acids is 1. The molecule has 0 radical (unpaired) electrons. The lowest BCUT2D eigenvalue weighted by molar-refractivity contribution is 0.0955. The van der Waals surface area contributed by atoms with Gasteiger partial charge in [-0.3, -0.25) is 9.52 Å². The monoisotopic (exact) mass is 522 g/mol. The van der Waals surface area contributed by atoms with Crippen molar-refractivity contribution >= 4 is 48.7 Å². The number of hydrazone groups is 1. The molecule has 10 nitrogen and oxygen atoms in total. The summed E-state index contributed by atoms with van der Waals surface area (Å²) in [5.41, 5.74) is 3.28. The van der Waals surface area contributed by atoms with Gasteiger partial charge in [-0.25, -0.2) is 27.0 Å². The molecule has 3 rings (SSSR count). The number of aliphatic hydroxyl groups is 1. The van der Waals surface area contributed by atoms with Gasteiger partial charge in [0.25, 0.3) is 15.9 Å². The summed E-state index contributed by atoms with van der Waals surface area (Å²) >= 11 is 1.05. The summed E-state index contributed by atoms with van der Waals surface area (Å²) in [5.74, 6) is -0.655. The topological polar surface area (TPSA) is 154 Å². The molecule has 2 aromatic carbocycles. The molecule has 0 bridgehead atoms. The number of aliphatic hydroxyl groups excluding tert-OH is 1. The minimum atomic E-state index is -3.85. The summed E-state index contributed by atoms with van der Waals surface area (Å²) in [6.07, 6.45) is 0. The van der Waals surface area contributed by atoms with Crippen molar-refractivity contribution in [3.8, 4) is 0 Å². The SMILES string of the molecule is C/C(=N\NC(=O)c1ccccc1NS(=O)(=O)c1cccs1)c1cccc(S(=O)(=O)NCCO)c1. The number of amides is 1. The molecule has 1 heterocycles. The maximum atomic E-state index is 12.7. The smallest absolute Gasteiger partial charge is 0.273 e. The highest BCUT2D eigenvalue weighted by molar-refractivity contribution is 7.94. The molecule has 1 amide bonds. The first-order valence-electron chi connectivity index (χ1n) is 9.85. The Morgan fingerprint density at radius 1 is 1.00 bits per heavy atom. The van der Waals surface area contributed by atoms with E-state index < -0.39 is 26.0 Å². The third-order valence-corrected chi connectivity index (χ3v) is 8.69. The fourth-order valence-corrected chi connectivity index (χ4v) is 5.93. The van der Waals surface area contributed by atoms with Gasteiger partial charge in [0.2, 0.25) is 10.0 Å². The van der Waals surface area contributed by atoms with Gasteiger partial charge in [-0.2, -0.15) is 5.10 Å². The van der Waals surface area contributed by atoms with Gasteiger partial charge in [-0.05, 0) is 48.2 Å². The molecule has 0 fully saturated rings. The average molecular weight is 523 g/mol. The third kappa shape index (κ3) is 6.27. The van der Waals surface area contributed by atoms with Crippen molar-refractivity contribution in [2.75, 3.05) is 17.9 Å². The van der Waals surface area contributed by atoms with Gasteiger partial charge < -0.3 is 5.11 Å². The lowest BCUT2D eigenvalue weighted by atomic mass is 10.1. The molecule has 0 unspecified atom stereocenters. The number of thiophene rings is 1. The van der Waals surface area contributed by atoms with E-state index in [2.05, 4.69) is 20.0 Å². The molecule has 13 heteroatoms. The van der Waals surface area contributed by atoms with Gasteiger partial charge in [-0.15, -0.1) is 11.3 Å². The Labute approximate surface area is 201 Å². The van der Waals surface area contributed by atoms with Crippen molar-refractivity contribution in [1.29, 1.82) is 0 Å². The second kappa shape index (κ2) is 10.9. The number of nitrogens with one attached hydrogen (secondary N) is 3. The molecule has 180 valence electrons. The maximum absolute atomic E-state index is 12.7. The predicted molar refractivity (Wildman–Crippen MR) is 130 cm³/mol. The van der Waals surface area contributed by atoms with Crippen LogP contribution in [0.15, 0.2) is 80.2 Å². The van der Waals surface area contributed by atoms with E-state index in [9.17, 15) is 21.6 Å². The van der Waals surface area contributed by atoms with E-state index in [1.54, 1.807) is 36.6 Å². The van der Waals surface area contributed by atoms with E-state index in [0.29, 0.717) is 11.3 Å². The van der Waals surface area contributed by atoms with E-state index in [0.717, 1.165) is 11.3 Å². The lowest BCUT2D eigenvalue weighted by Crippen LogP contribution is -2.26. The van der Waals surface area contributed by atoms with Gasteiger partial charge >= 0.3 is 0 Å². The fourth-order valence-electron chi connectivity index (χ4n) is 2.79. The summed E-state index contributed by atoms with van der Waals surface area (Å²) < 4.78 is 54.4. The summed E-state index contributed by atoms with van der Waals surface area (Å²) in [6.45, 7) is 1.13. The van der Waals surface area contributed by atoms with Crippen LogP contribution >= 0.6 is 11.3 Å². The summed E-state index contributed by atoms with van der Waals surface area (Å²) in [5, 5.41) is 14.5. The minimum Gasteiger partial charge on any atom is -0.395 e. The van der Waals surface area contributed by atoms with Crippen LogP contribution in [0, 0.1) is 0 Å². The average Bonchev–Trinajstić information content (AvgIpc) is 3.37. The molecular weight excluding hydrogens is 500 g/mol. The molecule has 4 N–H and O–H groups in total. The highest BCUT2D eigenvalue weighted by Crippen LogP contribution is 2.23. The summed E-state index contributed by atoms with van der Waals surface area (Å²) in [4.78, 5) is 12.7. The van der Waals surface area contributed by atoms with E-state index in [-0.39, 0.29) is 33.5 Å². The van der Waals surface area contributed by atoms with Crippen LogP contribution in [-0.2, 0) is 20.0 Å². The zero-order valence-corrected chi connectivity index (χ0v) is 20.4. The first kappa shape index (κ1) is 25.5. The van der Waals surface area contributed by atoms with Crippen molar-refractivity contribution in [3.63, 3.8) is 0 Å². The highest BCUT2D eigenvalue weighted by Gasteiger charge is 2.19. The normalized spacial score (nSPS) is 12.4. The van der Waals surface area contributed by atoms with Gasteiger partial charge in [0.05, 0.1) is 28.5 Å². The number of para-hydroxylation sites is 1. The Kier molecular flexibility index (Phi) is 8.17. The van der Waals surface area contributed by atoms with Crippen molar-refractivity contribution in [2.24, 2.45) is 5.10 Å². The maximum Gasteiger partial charge on any atom is 0.273 e. The molecule has 0 spiro atoms. The van der Waals surface area contributed by atoms with Crippen LogP contribution in [0.3, 0.4) is 0 Å². The van der Waals surface area contributed by atoms with Crippen LogP contribution in [0.4, 0.5) is 5.69 Å². The number of benzene rings is 2. The largest absolute Gasteiger partial charge is 0.395 e. The molecule has 0 aliphatic heterocycles. The Hall–Kier alpha value is -3.10. The molecular formula is C21H22N4O6S3. The van der Waals surface area contributed by atoms with Crippen LogP contribution in [0.25, 0.3) is 0 Å². The number of hydrogen-bond donors (Lipinski definition) is 4. The highest BCUT2D eigenvalue weighted by atomic mass is 32.2. The molecule has 1 aromatic heterocycles. The summed E-state index contributed by atoms with van der Waals surface area (Å²) in [7, 11) is -7.66. The zero-order valence-electron chi connectivity index (χ0n) is 17.9. The molecule has 34 heavy (non-hydrogen) atoms. The van der Waals surface area contributed by atoms with Crippen molar-refractivity contribution in [1.82, 2.24) is 10.1 Å². The molecule has 0 saturated heterocycles. The second-order valence-corrected chi connectivity index (χ2v) is 11.5. The van der Waals surface area contributed by atoms with Crippen molar-refractivity contribution < 1.29 is 26.7 Å².